The Hall–Kier alpha value is -1.10. The predicted octanol–water partition coefficient (Wildman–Crippen LogP) is 1.02. The minimum absolute atomic E-state index is 0.0838. The Balaban J connectivity index is 2.46. The zero-order chi connectivity index (χ0) is 10.4. The molecule has 1 heterocycles. The van der Waals surface area contributed by atoms with Crippen molar-refractivity contribution in [2.24, 2.45) is 5.73 Å². The summed E-state index contributed by atoms with van der Waals surface area (Å²) in [5.41, 5.74) is 5.02. The van der Waals surface area contributed by atoms with E-state index < -0.39 is 11.3 Å². The molecule has 0 spiro atoms. The van der Waals surface area contributed by atoms with Gasteiger partial charge in [0.2, 0.25) is 0 Å². The van der Waals surface area contributed by atoms with Gasteiger partial charge >= 0.3 is 0 Å². The minimum Gasteiger partial charge on any atom is -0.329 e. The summed E-state index contributed by atoms with van der Waals surface area (Å²) in [5.74, 6) is -2.72. The first-order chi connectivity index (χ1) is 6.53. The Morgan fingerprint density at radius 3 is 2.43 bits per heavy atom. The van der Waals surface area contributed by atoms with Crippen LogP contribution in [0.5, 0.6) is 0 Å². The molecule has 0 aliphatic heterocycles. The van der Waals surface area contributed by atoms with E-state index in [-0.39, 0.29) is 13.0 Å². The molecule has 2 rings (SSSR count). The van der Waals surface area contributed by atoms with Crippen LogP contribution in [-0.2, 0) is 5.41 Å². The number of rotatable bonds is 2. The van der Waals surface area contributed by atoms with Crippen LogP contribution >= 0.6 is 0 Å². The van der Waals surface area contributed by atoms with Crippen molar-refractivity contribution in [3.05, 3.63) is 23.8 Å². The number of alkyl halides is 2. The molecule has 5 heteroatoms. The predicted molar refractivity (Wildman–Crippen MR) is 47.1 cm³/mol. The van der Waals surface area contributed by atoms with Crippen molar-refractivity contribution in [3.63, 3.8) is 0 Å². The van der Waals surface area contributed by atoms with Crippen LogP contribution in [0.2, 0.25) is 0 Å². The largest absolute Gasteiger partial charge is 0.329 e. The molecule has 1 aromatic heterocycles. The zero-order valence-electron chi connectivity index (χ0n) is 7.80. The van der Waals surface area contributed by atoms with Gasteiger partial charge in [-0.05, 0) is 6.92 Å². The lowest BCUT2D eigenvalue weighted by Gasteiger charge is -2.14. The number of nitrogens with two attached hydrogens (primary N) is 1. The monoisotopic (exact) mass is 199 g/mol. The zero-order valence-corrected chi connectivity index (χ0v) is 7.80. The van der Waals surface area contributed by atoms with Gasteiger partial charge < -0.3 is 5.73 Å². The van der Waals surface area contributed by atoms with Crippen molar-refractivity contribution >= 4 is 0 Å². The van der Waals surface area contributed by atoms with Crippen molar-refractivity contribution in [2.75, 3.05) is 6.54 Å². The molecule has 1 fully saturated rings. The third-order valence-electron chi connectivity index (χ3n) is 2.78. The van der Waals surface area contributed by atoms with Crippen LogP contribution < -0.4 is 5.73 Å². The van der Waals surface area contributed by atoms with Gasteiger partial charge in [0.1, 0.15) is 0 Å². The highest BCUT2D eigenvalue weighted by Gasteiger charge is 2.72. The second kappa shape index (κ2) is 2.70. The standard InChI is InChI=1S/C9H11F2N3/c1-6-7(14-3-2-13-6)8(5-12)4-9(8,10)11/h2-3H,4-5,12H2,1H3. The molecule has 0 saturated heterocycles. The van der Waals surface area contributed by atoms with E-state index in [4.69, 9.17) is 5.73 Å². The second-order valence-corrected chi connectivity index (χ2v) is 3.66. The Bertz CT molecular complexity index is 367. The van der Waals surface area contributed by atoms with E-state index in [0.717, 1.165) is 0 Å². The number of aromatic nitrogens is 2. The quantitative estimate of drug-likeness (QED) is 0.773. The van der Waals surface area contributed by atoms with Crippen molar-refractivity contribution < 1.29 is 8.78 Å². The average Bonchev–Trinajstić information content (AvgIpc) is 2.70. The topological polar surface area (TPSA) is 51.8 Å². The highest BCUT2D eigenvalue weighted by Crippen LogP contribution is 2.60. The molecule has 1 unspecified atom stereocenters. The molecule has 3 nitrogen and oxygen atoms in total. The Labute approximate surface area is 80.4 Å². The molecule has 1 aromatic rings. The maximum absolute atomic E-state index is 13.2. The van der Waals surface area contributed by atoms with Gasteiger partial charge in [0, 0.05) is 25.4 Å². The van der Waals surface area contributed by atoms with Crippen LogP contribution in [0, 0.1) is 6.92 Å². The summed E-state index contributed by atoms with van der Waals surface area (Å²) in [7, 11) is 0. The van der Waals surface area contributed by atoms with Crippen LogP contribution in [0.25, 0.3) is 0 Å². The first-order valence-electron chi connectivity index (χ1n) is 4.39. The van der Waals surface area contributed by atoms with Crippen LogP contribution in [0.1, 0.15) is 17.8 Å². The van der Waals surface area contributed by atoms with Gasteiger partial charge in [-0.15, -0.1) is 0 Å². The van der Waals surface area contributed by atoms with Gasteiger partial charge in [0.05, 0.1) is 16.8 Å². The molecular formula is C9H11F2N3. The number of hydrogen-bond donors (Lipinski definition) is 1. The fourth-order valence-corrected chi connectivity index (χ4v) is 1.79. The van der Waals surface area contributed by atoms with Crippen molar-refractivity contribution in [1.29, 1.82) is 0 Å². The smallest absolute Gasteiger partial charge is 0.261 e. The van der Waals surface area contributed by atoms with Gasteiger partial charge in [-0.3, -0.25) is 9.97 Å². The molecule has 2 N–H and O–H groups in total. The van der Waals surface area contributed by atoms with E-state index in [2.05, 4.69) is 9.97 Å². The van der Waals surface area contributed by atoms with E-state index in [1.807, 2.05) is 0 Å². The lowest BCUT2D eigenvalue weighted by Crippen LogP contribution is -2.29. The highest BCUT2D eigenvalue weighted by atomic mass is 19.3. The third kappa shape index (κ3) is 1.05. The normalized spacial score (nSPS) is 28.9. The maximum atomic E-state index is 13.2. The Kier molecular flexibility index (Phi) is 1.82. The van der Waals surface area contributed by atoms with E-state index in [9.17, 15) is 8.78 Å². The van der Waals surface area contributed by atoms with E-state index in [1.165, 1.54) is 12.4 Å². The van der Waals surface area contributed by atoms with Crippen LogP contribution in [0.3, 0.4) is 0 Å². The van der Waals surface area contributed by atoms with Crippen LogP contribution in [0.4, 0.5) is 8.78 Å². The molecule has 1 aliphatic rings. The molecule has 0 aromatic carbocycles. The van der Waals surface area contributed by atoms with Crippen LogP contribution in [0.15, 0.2) is 12.4 Å². The number of halogens is 2. The summed E-state index contributed by atoms with van der Waals surface area (Å²) in [4.78, 5) is 7.90. The lowest BCUT2D eigenvalue weighted by atomic mass is 10.00. The first kappa shape index (κ1) is 9.45. The molecule has 1 saturated carbocycles. The van der Waals surface area contributed by atoms with Gasteiger partial charge in [-0.1, -0.05) is 0 Å². The molecule has 76 valence electrons. The third-order valence-corrected chi connectivity index (χ3v) is 2.78. The van der Waals surface area contributed by atoms with Gasteiger partial charge in [-0.25, -0.2) is 8.78 Å². The lowest BCUT2D eigenvalue weighted by molar-refractivity contribution is 0.0883. The highest BCUT2D eigenvalue weighted by molar-refractivity contribution is 5.35. The molecule has 1 atom stereocenters. The molecule has 0 radical (unpaired) electrons. The summed E-state index contributed by atoms with van der Waals surface area (Å²) < 4.78 is 26.3. The summed E-state index contributed by atoms with van der Waals surface area (Å²) in [6.45, 7) is 1.59. The van der Waals surface area contributed by atoms with Gasteiger partial charge in [0.25, 0.3) is 5.92 Å². The number of hydrogen-bond acceptors (Lipinski definition) is 3. The molecule has 1 aliphatic carbocycles. The summed E-state index contributed by atoms with van der Waals surface area (Å²) >= 11 is 0. The Morgan fingerprint density at radius 2 is 2.00 bits per heavy atom. The SMILES string of the molecule is Cc1nccnc1C1(CN)CC1(F)F. The van der Waals surface area contributed by atoms with Gasteiger partial charge in [0.15, 0.2) is 0 Å². The summed E-state index contributed by atoms with van der Waals surface area (Å²) in [6, 6.07) is 0. The minimum atomic E-state index is -2.72. The molecule has 0 amide bonds. The first-order valence-corrected chi connectivity index (χ1v) is 4.39. The fourth-order valence-electron chi connectivity index (χ4n) is 1.79. The van der Waals surface area contributed by atoms with E-state index in [1.54, 1.807) is 6.92 Å². The number of aryl methyl sites for hydroxylation is 1. The molecule has 0 bridgehead atoms. The van der Waals surface area contributed by atoms with E-state index in [0.29, 0.717) is 11.4 Å². The van der Waals surface area contributed by atoms with E-state index >= 15 is 0 Å². The van der Waals surface area contributed by atoms with Crippen molar-refractivity contribution in [2.45, 2.75) is 24.7 Å². The summed E-state index contributed by atoms with van der Waals surface area (Å²) in [5, 5.41) is 0. The van der Waals surface area contributed by atoms with Gasteiger partial charge in [-0.2, -0.15) is 0 Å². The average molecular weight is 199 g/mol. The second-order valence-electron chi connectivity index (χ2n) is 3.66. The number of nitrogens with zero attached hydrogens (tertiary/aromatic N) is 2. The van der Waals surface area contributed by atoms with Crippen LogP contribution in [-0.4, -0.2) is 22.4 Å². The molecular weight excluding hydrogens is 188 g/mol. The van der Waals surface area contributed by atoms with Crippen molar-refractivity contribution in [3.8, 4) is 0 Å². The fraction of sp³-hybridized carbons (Fsp3) is 0.556. The summed E-state index contributed by atoms with van der Waals surface area (Å²) in [6.07, 6.45) is 2.70. The molecule has 14 heavy (non-hydrogen) atoms. The Morgan fingerprint density at radius 1 is 1.43 bits per heavy atom. The maximum Gasteiger partial charge on any atom is 0.261 e. The van der Waals surface area contributed by atoms with Crippen molar-refractivity contribution in [1.82, 2.24) is 9.97 Å².